The molecule has 130 valence electrons. The van der Waals surface area contributed by atoms with E-state index in [0.29, 0.717) is 25.3 Å². The SMILES string of the molecule is C[C@H]1CN(C(=O)N[C@@H]2CC(=O)N(c3cccc(F)c3)C2)C[C@H](C)O1. The molecule has 2 saturated heterocycles. The van der Waals surface area contributed by atoms with Crippen LogP contribution in [0.2, 0.25) is 0 Å². The molecule has 24 heavy (non-hydrogen) atoms. The van der Waals surface area contributed by atoms with Gasteiger partial charge in [-0.25, -0.2) is 9.18 Å². The van der Waals surface area contributed by atoms with Crippen LogP contribution in [0, 0.1) is 5.82 Å². The molecule has 0 aromatic heterocycles. The first-order valence-electron chi connectivity index (χ1n) is 8.19. The fraction of sp³-hybridized carbons (Fsp3) is 0.529. The van der Waals surface area contributed by atoms with E-state index in [9.17, 15) is 14.0 Å². The number of anilines is 1. The Balaban J connectivity index is 1.61. The van der Waals surface area contributed by atoms with Gasteiger partial charge >= 0.3 is 6.03 Å². The molecule has 3 amide bonds. The number of hydrogen-bond acceptors (Lipinski definition) is 3. The van der Waals surface area contributed by atoms with E-state index >= 15 is 0 Å². The van der Waals surface area contributed by atoms with Gasteiger partial charge in [0.1, 0.15) is 5.82 Å². The van der Waals surface area contributed by atoms with E-state index in [1.54, 1.807) is 17.0 Å². The molecular weight excluding hydrogens is 313 g/mol. The zero-order valence-electron chi connectivity index (χ0n) is 13.9. The van der Waals surface area contributed by atoms with Crippen molar-refractivity contribution in [3.8, 4) is 0 Å². The van der Waals surface area contributed by atoms with Crippen molar-refractivity contribution in [1.82, 2.24) is 10.2 Å². The average Bonchev–Trinajstić information content (AvgIpc) is 2.87. The van der Waals surface area contributed by atoms with Crippen LogP contribution in [-0.2, 0) is 9.53 Å². The van der Waals surface area contributed by atoms with Crippen molar-refractivity contribution in [3.63, 3.8) is 0 Å². The Morgan fingerprint density at radius 3 is 2.62 bits per heavy atom. The van der Waals surface area contributed by atoms with Crippen molar-refractivity contribution in [2.45, 2.75) is 38.5 Å². The Bertz CT molecular complexity index is 629. The van der Waals surface area contributed by atoms with E-state index < -0.39 is 0 Å². The molecule has 1 aromatic rings. The first kappa shape index (κ1) is 16.7. The standard InChI is InChI=1S/C17H22FN3O3/c1-11-8-20(9-12(2)24-11)17(23)19-14-7-16(22)21(10-14)15-5-3-4-13(18)6-15/h3-6,11-12,14H,7-10H2,1-2H3,(H,19,23)/t11-,12-,14+/m0/s1. The first-order chi connectivity index (χ1) is 11.4. The summed E-state index contributed by atoms with van der Waals surface area (Å²) in [5, 5.41) is 2.91. The van der Waals surface area contributed by atoms with E-state index in [1.807, 2.05) is 13.8 Å². The summed E-state index contributed by atoms with van der Waals surface area (Å²) in [5.74, 6) is -0.501. The van der Waals surface area contributed by atoms with Gasteiger partial charge in [-0.15, -0.1) is 0 Å². The number of carbonyl (C=O) groups is 2. The molecule has 7 heteroatoms. The minimum Gasteiger partial charge on any atom is -0.372 e. The van der Waals surface area contributed by atoms with Crippen LogP contribution in [0.15, 0.2) is 24.3 Å². The number of halogens is 1. The Kier molecular flexibility index (Phi) is 4.71. The highest BCUT2D eigenvalue weighted by Gasteiger charge is 2.34. The summed E-state index contributed by atoms with van der Waals surface area (Å²) in [7, 11) is 0. The predicted octanol–water partition coefficient (Wildman–Crippen LogP) is 1.75. The molecule has 2 heterocycles. The molecule has 0 unspecified atom stereocenters. The zero-order chi connectivity index (χ0) is 17.3. The third-order valence-electron chi connectivity index (χ3n) is 4.28. The minimum atomic E-state index is -0.385. The predicted molar refractivity (Wildman–Crippen MR) is 87.3 cm³/mol. The molecule has 0 bridgehead atoms. The van der Waals surface area contributed by atoms with E-state index in [4.69, 9.17) is 4.74 Å². The van der Waals surface area contributed by atoms with Gasteiger partial charge in [-0.05, 0) is 32.0 Å². The number of nitrogens with one attached hydrogen (secondary N) is 1. The highest BCUT2D eigenvalue weighted by molar-refractivity contribution is 5.96. The molecule has 2 aliphatic heterocycles. The lowest BCUT2D eigenvalue weighted by atomic mass is 10.2. The van der Waals surface area contributed by atoms with E-state index in [-0.39, 0.29) is 42.4 Å². The molecule has 2 fully saturated rings. The molecule has 1 N–H and O–H groups in total. The third kappa shape index (κ3) is 3.67. The number of ether oxygens (including phenoxy) is 1. The lowest BCUT2D eigenvalue weighted by Gasteiger charge is -2.35. The van der Waals surface area contributed by atoms with Crippen molar-refractivity contribution in [1.29, 1.82) is 0 Å². The minimum absolute atomic E-state index is 0.00602. The Hall–Kier alpha value is -2.15. The summed E-state index contributed by atoms with van der Waals surface area (Å²) >= 11 is 0. The number of nitrogens with zero attached hydrogens (tertiary/aromatic N) is 2. The number of urea groups is 1. The Morgan fingerprint density at radius 1 is 1.25 bits per heavy atom. The van der Waals surface area contributed by atoms with Crippen molar-refractivity contribution >= 4 is 17.6 Å². The van der Waals surface area contributed by atoms with Crippen molar-refractivity contribution in [3.05, 3.63) is 30.1 Å². The number of hydrogen-bond donors (Lipinski definition) is 1. The molecule has 3 atom stereocenters. The van der Waals surface area contributed by atoms with Crippen LogP contribution in [0.3, 0.4) is 0 Å². The van der Waals surface area contributed by atoms with Gasteiger partial charge < -0.3 is 19.9 Å². The highest BCUT2D eigenvalue weighted by atomic mass is 19.1. The van der Waals surface area contributed by atoms with Crippen molar-refractivity contribution in [2.75, 3.05) is 24.5 Å². The second-order valence-corrected chi connectivity index (χ2v) is 6.50. The number of rotatable bonds is 2. The lowest BCUT2D eigenvalue weighted by molar-refractivity contribution is -0.117. The fourth-order valence-electron chi connectivity index (χ4n) is 3.31. The quantitative estimate of drug-likeness (QED) is 0.896. The second-order valence-electron chi connectivity index (χ2n) is 6.50. The summed E-state index contributed by atoms with van der Waals surface area (Å²) in [4.78, 5) is 27.8. The van der Waals surface area contributed by atoms with Crippen LogP contribution >= 0.6 is 0 Å². The summed E-state index contributed by atoms with van der Waals surface area (Å²) in [6.45, 7) is 5.28. The van der Waals surface area contributed by atoms with Crippen LogP contribution in [0.5, 0.6) is 0 Å². The van der Waals surface area contributed by atoms with Gasteiger partial charge in [0.2, 0.25) is 5.91 Å². The van der Waals surface area contributed by atoms with E-state index in [1.165, 1.54) is 17.0 Å². The maximum atomic E-state index is 13.3. The third-order valence-corrected chi connectivity index (χ3v) is 4.28. The van der Waals surface area contributed by atoms with Crippen molar-refractivity contribution < 1.29 is 18.7 Å². The topological polar surface area (TPSA) is 61.9 Å². The van der Waals surface area contributed by atoms with Crippen LogP contribution in [0.4, 0.5) is 14.9 Å². The highest BCUT2D eigenvalue weighted by Crippen LogP contribution is 2.22. The molecule has 0 radical (unpaired) electrons. The van der Waals surface area contributed by atoms with Gasteiger partial charge in [-0.3, -0.25) is 4.79 Å². The molecule has 0 aliphatic carbocycles. The normalized spacial score (nSPS) is 27.5. The van der Waals surface area contributed by atoms with E-state index in [0.717, 1.165) is 0 Å². The Morgan fingerprint density at radius 2 is 1.96 bits per heavy atom. The van der Waals surface area contributed by atoms with Gasteiger partial charge in [0.25, 0.3) is 0 Å². The molecule has 1 aromatic carbocycles. The van der Waals surface area contributed by atoms with Gasteiger partial charge in [0.05, 0.1) is 18.2 Å². The van der Waals surface area contributed by atoms with Gasteiger partial charge in [-0.1, -0.05) is 6.07 Å². The second kappa shape index (κ2) is 6.76. The van der Waals surface area contributed by atoms with Crippen LogP contribution in [0.25, 0.3) is 0 Å². The maximum Gasteiger partial charge on any atom is 0.317 e. The number of morpholine rings is 1. The summed E-state index contributed by atoms with van der Waals surface area (Å²) in [5.41, 5.74) is 0.519. The number of carbonyl (C=O) groups excluding carboxylic acids is 2. The summed E-state index contributed by atoms with van der Waals surface area (Å²) < 4.78 is 19.0. The molecule has 6 nitrogen and oxygen atoms in total. The molecule has 3 rings (SSSR count). The fourth-order valence-corrected chi connectivity index (χ4v) is 3.31. The van der Waals surface area contributed by atoms with E-state index in [2.05, 4.69) is 5.32 Å². The van der Waals surface area contributed by atoms with Gasteiger partial charge in [0.15, 0.2) is 0 Å². The molecule has 0 spiro atoms. The van der Waals surface area contributed by atoms with Crippen LogP contribution < -0.4 is 10.2 Å². The monoisotopic (exact) mass is 335 g/mol. The molecule has 2 aliphatic rings. The number of amides is 3. The largest absolute Gasteiger partial charge is 0.372 e. The molecule has 0 saturated carbocycles. The lowest BCUT2D eigenvalue weighted by Crippen LogP contribution is -2.53. The summed E-state index contributed by atoms with van der Waals surface area (Å²) in [6, 6.07) is 5.46. The maximum absolute atomic E-state index is 13.3. The van der Waals surface area contributed by atoms with Crippen LogP contribution in [0.1, 0.15) is 20.3 Å². The van der Waals surface area contributed by atoms with Gasteiger partial charge in [0, 0.05) is 31.7 Å². The zero-order valence-corrected chi connectivity index (χ0v) is 13.9. The number of benzene rings is 1. The Labute approximate surface area is 140 Å². The smallest absolute Gasteiger partial charge is 0.317 e. The van der Waals surface area contributed by atoms with Crippen molar-refractivity contribution in [2.24, 2.45) is 0 Å². The van der Waals surface area contributed by atoms with Gasteiger partial charge in [-0.2, -0.15) is 0 Å². The first-order valence-corrected chi connectivity index (χ1v) is 8.19. The molecular formula is C17H22FN3O3. The average molecular weight is 335 g/mol. The van der Waals surface area contributed by atoms with Crippen LogP contribution in [-0.4, -0.2) is 54.7 Å². The summed E-state index contributed by atoms with van der Waals surface area (Å²) in [6.07, 6.45) is 0.208.